The van der Waals surface area contributed by atoms with Crippen LogP contribution in [0.15, 0.2) is 4.99 Å². The first-order valence-corrected chi connectivity index (χ1v) is 7.43. The van der Waals surface area contributed by atoms with Gasteiger partial charge in [-0.1, -0.05) is 6.42 Å². The van der Waals surface area contributed by atoms with Gasteiger partial charge in [0, 0.05) is 24.4 Å². The molecule has 108 valence electrons. The number of hydrogen-bond acceptors (Lipinski definition) is 3. The molecule has 3 N–H and O–H groups in total. The van der Waals surface area contributed by atoms with Gasteiger partial charge in [-0.3, -0.25) is 4.99 Å². The van der Waals surface area contributed by atoms with Crippen LogP contribution in [-0.2, 0) is 6.42 Å². The molecule has 0 aliphatic heterocycles. The summed E-state index contributed by atoms with van der Waals surface area (Å²) in [6.45, 7) is 5.83. The van der Waals surface area contributed by atoms with E-state index in [1.165, 1.54) is 24.1 Å². The maximum atomic E-state index is 5.83. The van der Waals surface area contributed by atoms with Gasteiger partial charge in [-0.2, -0.15) is 0 Å². The zero-order chi connectivity index (χ0) is 13.0. The van der Waals surface area contributed by atoms with Gasteiger partial charge < -0.3 is 11.1 Å². The van der Waals surface area contributed by atoms with Crippen molar-refractivity contribution in [2.24, 2.45) is 16.6 Å². The highest BCUT2D eigenvalue weighted by Crippen LogP contribution is 2.26. The summed E-state index contributed by atoms with van der Waals surface area (Å²) < 4.78 is 0. The van der Waals surface area contributed by atoms with E-state index in [9.17, 15) is 0 Å². The third-order valence-electron chi connectivity index (χ3n) is 3.40. The number of hydrogen-bond donors (Lipinski definition) is 2. The van der Waals surface area contributed by atoms with Crippen LogP contribution in [-0.4, -0.2) is 24.0 Å². The molecular formula is C13H23IN4S. The molecular weight excluding hydrogens is 371 g/mol. The molecule has 0 aromatic carbocycles. The number of aryl methyl sites for hydroxylation is 2. The number of halogens is 1. The number of thiazole rings is 1. The molecule has 1 saturated carbocycles. The Labute approximate surface area is 136 Å². The highest BCUT2D eigenvalue weighted by atomic mass is 127. The van der Waals surface area contributed by atoms with Crippen LogP contribution < -0.4 is 11.1 Å². The summed E-state index contributed by atoms with van der Waals surface area (Å²) in [6.07, 6.45) is 4.96. The molecule has 0 radical (unpaired) electrons. The van der Waals surface area contributed by atoms with Crippen LogP contribution in [0.2, 0.25) is 0 Å². The molecule has 0 spiro atoms. The van der Waals surface area contributed by atoms with Crippen LogP contribution in [0.1, 0.15) is 34.8 Å². The predicted octanol–water partition coefficient (Wildman–Crippen LogP) is 2.62. The molecule has 1 aliphatic rings. The molecule has 0 unspecified atom stereocenters. The second-order valence-electron chi connectivity index (χ2n) is 4.94. The van der Waals surface area contributed by atoms with E-state index in [1.54, 1.807) is 11.3 Å². The van der Waals surface area contributed by atoms with Gasteiger partial charge in [-0.25, -0.2) is 4.98 Å². The zero-order valence-corrected chi connectivity index (χ0v) is 14.8. The van der Waals surface area contributed by atoms with Crippen LogP contribution >= 0.6 is 35.3 Å². The topological polar surface area (TPSA) is 63.3 Å². The molecule has 0 saturated heterocycles. The Morgan fingerprint density at radius 3 is 2.74 bits per heavy atom. The quantitative estimate of drug-likeness (QED) is 0.459. The Morgan fingerprint density at radius 2 is 2.21 bits per heavy atom. The van der Waals surface area contributed by atoms with Crippen LogP contribution in [0.25, 0.3) is 0 Å². The van der Waals surface area contributed by atoms with E-state index in [1.807, 2.05) is 6.92 Å². The van der Waals surface area contributed by atoms with E-state index in [2.05, 4.69) is 22.2 Å². The summed E-state index contributed by atoms with van der Waals surface area (Å²) in [7, 11) is 0. The molecule has 1 fully saturated rings. The molecule has 1 aliphatic carbocycles. The minimum absolute atomic E-state index is 0. The van der Waals surface area contributed by atoms with Crippen LogP contribution in [0, 0.1) is 19.8 Å². The molecule has 1 aromatic heterocycles. The normalized spacial score (nSPS) is 15.8. The van der Waals surface area contributed by atoms with Crippen molar-refractivity contribution >= 4 is 41.3 Å². The molecule has 0 atom stereocenters. The van der Waals surface area contributed by atoms with Gasteiger partial charge in [0.1, 0.15) is 0 Å². The lowest BCUT2D eigenvalue weighted by atomic mass is 9.86. The summed E-state index contributed by atoms with van der Waals surface area (Å²) in [5, 5.41) is 4.31. The number of nitrogens with zero attached hydrogens (tertiary/aromatic N) is 2. The largest absolute Gasteiger partial charge is 0.370 e. The minimum Gasteiger partial charge on any atom is -0.370 e. The van der Waals surface area contributed by atoms with Crippen molar-refractivity contribution in [2.75, 3.05) is 13.1 Å². The fourth-order valence-electron chi connectivity index (χ4n) is 2.07. The average Bonchev–Trinajstić information content (AvgIpc) is 2.55. The summed E-state index contributed by atoms with van der Waals surface area (Å²) >= 11 is 1.77. The summed E-state index contributed by atoms with van der Waals surface area (Å²) in [4.78, 5) is 10.1. The highest BCUT2D eigenvalue weighted by Gasteiger charge is 2.16. The van der Waals surface area contributed by atoms with Gasteiger partial charge in [0.2, 0.25) is 0 Å². The summed E-state index contributed by atoms with van der Waals surface area (Å²) in [5.41, 5.74) is 6.98. The molecule has 6 heteroatoms. The van der Waals surface area contributed by atoms with Gasteiger partial charge >= 0.3 is 0 Å². The van der Waals surface area contributed by atoms with E-state index in [0.717, 1.165) is 36.1 Å². The van der Waals surface area contributed by atoms with Crippen molar-refractivity contribution in [1.82, 2.24) is 10.3 Å². The first kappa shape index (κ1) is 16.7. The zero-order valence-electron chi connectivity index (χ0n) is 11.6. The lowest BCUT2D eigenvalue weighted by Gasteiger charge is -2.23. The maximum Gasteiger partial charge on any atom is 0.188 e. The molecule has 1 aromatic rings. The van der Waals surface area contributed by atoms with Gasteiger partial charge in [-0.15, -0.1) is 35.3 Å². The summed E-state index contributed by atoms with van der Waals surface area (Å²) in [6, 6.07) is 0. The molecule has 1 heterocycles. The second kappa shape index (κ2) is 8.04. The Kier molecular flexibility index (Phi) is 7.06. The fourth-order valence-corrected chi connectivity index (χ4v) is 3.00. The average molecular weight is 394 g/mol. The number of nitrogens with two attached hydrogens (primary N) is 1. The van der Waals surface area contributed by atoms with E-state index in [0.29, 0.717) is 5.96 Å². The Bertz CT molecular complexity index is 426. The van der Waals surface area contributed by atoms with E-state index in [-0.39, 0.29) is 24.0 Å². The van der Waals surface area contributed by atoms with Crippen LogP contribution in [0.3, 0.4) is 0 Å². The van der Waals surface area contributed by atoms with Crippen molar-refractivity contribution in [3.05, 3.63) is 15.6 Å². The Morgan fingerprint density at radius 1 is 1.47 bits per heavy atom. The Balaban J connectivity index is 0.00000180. The smallest absolute Gasteiger partial charge is 0.188 e. The monoisotopic (exact) mass is 394 g/mol. The molecule has 19 heavy (non-hydrogen) atoms. The van der Waals surface area contributed by atoms with E-state index >= 15 is 0 Å². The second-order valence-corrected chi connectivity index (χ2v) is 6.23. The molecule has 4 nitrogen and oxygen atoms in total. The molecule has 0 bridgehead atoms. The van der Waals surface area contributed by atoms with Crippen LogP contribution in [0.4, 0.5) is 0 Å². The molecule has 0 amide bonds. The van der Waals surface area contributed by atoms with Gasteiger partial charge in [0.05, 0.1) is 10.7 Å². The number of aromatic nitrogens is 1. The SMILES string of the molecule is Cc1nc(C)c(CCNC(N)=NCC2CCC2)s1.I. The molecule has 2 rings (SSSR count). The fraction of sp³-hybridized carbons (Fsp3) is 0.692. The van der Waals surface area contributed by atoms with Gasteiger partial charge in [0.15, 0.2) is 5.96 Å². The van der Waals surface area contributed by atoms with Crippen molar-refractivity contribution in [3.8, 4) is 0 Å². The number of rotatable bonds is 5. The van der Waals surface area contributed by atoms with Crippen LogP contribution in [0.5, 0.6) is 0 Å². The van der Waals surface area contributed by atoms with E-state index in [4.69, 9.17) is 5.73 Å². The lowest BCUT2D eigenvalue weighted by Crippen LogP contribution is -2.34. The predicted molar refractivity (Wildman–Crippen MR) is 92.5 cm³/mol. The Hall–Kier alpha value is -0.370. The lowest BCUT2D eigenvalue weighted by molar-refractivity contribution is 0.326. The maximum absolute atomic E-state index is 5.83. The van der Waals surface area contributed by atoms with Gasteiger partial charge in [0.25, 0.3) is 0 Å². The highest BCUT2D eigenvalue weighted by molar-refractivity contribution is 14.0. The van der Waals surface area contributed by atoms with Crippen molar-refractivity contribution in [2.45, 2.75) is 39.5 Å². The van der Waals surface area contributed by atoms with Crippen molar-refractivity contribution in [1.29, 1.82) is 0 Å². The third-order valence-corrected chi connectivity index (χ3v) is 4.53. The van der Waals surface area contributed by atoms with Gasteiger partial charge in [-0.05, 0) is 32.6 Å². The third kappa shape index (κ3) is 5.25. The first-order chi connectivity index (χ1) is 8.65. The first-order valence-electron chi connectivity index (χ1n) is 6.62. The van der Waals surface area contributed by atoms with E-state index < -0.39 is 0 Å². The summed E-state index contributed by atoms with van der Waals surface area (Å²) in [5.74, 6) is 1.36. The number of guanidine groups is 1. The van der Waals surface area contributed by atoms with Crippen molar-refractivity contribution in [3.63, 3.8) is 0 Å². The van der Waals surface area contributed by atoms with Crippen molar-refractivity contribution < 1.29 is 0 Å². The standard InChI is InChI=1S/C13H22N4S.HI/c1-9-12(18-10(2)17-9)6-7-15-13(14)16-8-11-4-3-5-11;/h11H,3-8H2,1-2H3,(H3,14,15,16);1H. The number of aliphatic imine (C=N–C) groups is 1. The number of nitrogens with one attached hydrogen (secondary N) is 1. The minimum atomic E-state index is 0.